The molecule has 1 aromatic heterocycles. The molecule has 5 rings (SSSR count). The van der Waals surface area contributed by atoms with E-state index in [1.54, 1.807) is 21.3 Å². The number of ether oxygens (including phenoxy) is 2. The lowest BCUT2D eigenvalue weighted by Gasteiger charge is -2.43. The fourth-order valence-electron chi connectivity index (χ4n) is 5.97. The van der Waals surface area contributed by atoms with Crippen LogP contribution in [0, 0.1) is 5.92 Å². The van der Waals surface area contributed by atoms with Gasteiger partial charge in [0.2, 0.25) is 5.91 Å². The average molecular weight is 526 g/mol. The van der Waals surface area contributed by atoms with Crippen molar-refractivity contribution in [1.29, 1.82) is 0 Å². The summed E-state index contributed by atoms with van der Waals surface area (Å²) < 4.78 is 50.4. The summed E-state index contributed by atoms with van der Waals surface area (Å²) >= 11 is 0. The maximum atomic E-state index is 13.3. The number of fused-ring (bicyclic) bond motifs is 2. The highest BCUT2D eigenvalue weighted by molar-refractivity contribution is 5.83. The smallest absolute Gasteiger partial charge is 0.433 e. The van der Waals surface area contributed by atoms with Crippen LogP contribution < -0.4 is 14.8 Å². The zero-order valence-electron chi connectivity index (χ0n) is 21.5. The van der Waals surface area contributed by atoms with Crippen LogP contribution in [0.15, 0.2) is 60.8 Å². The normalized spacial score (nSPS) is 21.5. The summed E-state index contributed by atoms with van der Waals surface area (Å²) in [7, 11) is 4.83. The number of pyridine rings is 1. The molecule has 2 heterocycles. The molecule has 1 spiro atoms. The molecule has 6 nitrogen and oxygen atoms in total. The average Bonchev–Trinajstić information content (AvgIpc) is 3.62. The van der Waals surface area contributed by atoms with Crippen molar-refractivity contribution in [1.82, 2.24) is 15.2 Å². The quantitative estimate of drug-likeness (QED) is 0.475. The lowest BCUT2D eigenvalue weighted by atomic mass is 9.85. The van der Waals surface area contributed by atoms with E-state index in [1.807, 2.05) is 42.5 Å². The molecule has 200 valence electrons. The molecule has 2 aliphatic rings. The Morgan fingerprint density at radius 2 is 1.84 bits per heavy atom. The molecule has 0 bridgehead atoms. The Labute approximate surface area is 219 Å². The van der Waals surface area contributed by atoms with Gasteiger partial charge in [-0.1, -0.05) is 36.4 Å². The van der Waals surface area contributed by atoms with Crippen molar-refractivity contribution in [2.45, 2.75) is 37.0 Å². The fourth-order valence-corrected chi connectivity index (χ4v) is 5.97. The van der Waals surface area contributed by atoms with Gasteiger partial charge in [-0.05, 0) is 65.6 Å². The largest absolute Gasteiger partial charge is 0.493 e. The van der Waals surface area contributed by atoms with Gasteiger partial charge >= 0.3 is 6.18 Å². The van der Waals surface area contributed by atoms with Gasteiger partial charge in [-0.3, -0.25) is 14.7 Å². The van der Waals surface area contributed by atoms with E-state index in [1.165, 1.54) is 12.3 Å². The van der Waals surface area contributed by atoms with Crippen molar-refractivity contribution < 1.29 is 27.4 Å². The third kappa shape index (κ3) is 4.49. The molecule has 0 saturated heterocycles. The van der Waals surface area contributed by atoms with E-state index in [-0.39, 0.29) is 11.8 Å². The minimum Gasteiger partial charge on any atom is -0.493 e. The van der Waals surface area contributed by atoms with Crippen molar-refractivity contribution in [3.8, 4) is 11.5 Å². The van der Waals surface area contributed by atoms with Crippen LogP contribution in [-0.2, 0) is 29.4 Å². The van der Waals surface area contributed by atoms with Gasteiger partial charge in [0.25, 0.3) is 0 Å². The highest BCUT2D eigenvalue weighted by Crippen LogP contribution is 2.63. The molecular formula is C29H30F3N3O3. The molecule has 9 heteroatoms. The Morgan fingerprint density at radius 3 is 2.45 bits per heavy atom. The molecule has 1 amide bonds. The highest BCUT2D eigenvalue weighted by atomic mass is 19.4. The summed E-state index contributed by atoms with van der Waals surface area (Å²) in [6.07, 6.45) is -1.18. The third-order valence-corrected chi connectivity index (χ3v) is 7.80. The molecule has 3 aromatic rings. The number of hydrogen-bond acceptors (Lipinski definition) is 5. The summed E-state index contributed by atoms with van der Waals surface area (Å²) in [6.45, 7) is 0.636. The van der Waals surface area contributed by atoms with E-state index in [2.05, 4.69) is 15.2 Å². The molecule has 3 atom stereocenters. The van der Waals surface area contributed by atoms with Crippen molar-refractivity contribution >= 4 is 5.91 Å². The second-order valence-corrected chi connectivity index (χ2v) is 9.81. The van der Waals surface area contributed by atoms with Gasteiger partial charge in [0.05, 0.1) is 19.8 Å². The van der Waals surface area contributed by atoms with Gasteiger partial charge in [-0.15, -0.1) is 0 Å². The van der Waals surface area contributed by atoms with Gasteiger partial charge in [0.1, 0.15) is 11.7 Å². The SMILES string of the molecule is CNC(=O)[C@@H](c1ccccc1)N1CCc2cc(OC)c(OC)cc2C12C[C@H]2Cc1ccc(C(F)(F)F)nc1. The van der Waals surface area contributed by atoms with E-state index >= 15 is 0 Å². The number of hydrogen-bond donors (Lipinski definition) is 1. The van der Waals surface area contributed by atoms with Crippen LogP contribution in [0.25, 0.3) is 0 Å². The number of nitrogens with zero attached hydrogens (tertiary/aromatic N) is 2. The zero-order chi connectivity index (χ0) is 27.1. The topological polar surface area (TPSA) is 63.7 Å². The summed E-state index contributed by atoms with van der Waals surface area (Å²) in [5.41, 5.74) is 2.40. The number of aromatic nitrogens is 1. The molecule has 1 N–H and O–H groups in total. The van der Waals surface area contributed by atoms with Crippen molar-refractivity contribution in [3.05, 3.63) is 88.7 Å². The number of benzene rings is 2. The number of amides is 1. The predicted octanol–water partition coefficient (Wildman–Crippen LogP) is 4.92. The maximum Gasteiger partial charge on any atom is 0.433 e. The number of carbonyl (C=O) groups excluding carboxylic acids is 1. The second-order valence-electron chi connectivity index (χ2n) is 9.81. The molecule has 2 aromatic carbocycles. The van der Waals surface area contributed by atoms with E-state index in [9.17, 15) is 18.0 Å². The van der Waals surface area contributed by atoms with Crippen LogP contribution in [0.2, 0.25) is 0 Å². The number of carbonyl (C=O) groups is 1. The first kappa shape index (κ1) is 26.0. The standard InChI is InChI=1S/C29H30F3N3O3/c1-33-27(36)26(19-7-5-4-6-8-19)35-12-11-20-14-23(37-2)24(38-3)15-22(20)28(35)16-21(28)13-18-9-10-25(34-17-18)29(30,31)32/h4-10,14-15,17,21,26H,11-13,16H2,1-3H3,(H,33,36)/t21-,26-,28?/m1/s1. The fraction of sp³-hybridized carbons (Fsp3) is 0.379. The Hall–Kier alpha value is -3.59. The Balaban J connectivity index is 1.58. The van der Waals surface area contributed by atoms with Gasteiger partial charge in [-0.25, -0.2) is 0 Å². The van der Waals surface area contributed by atoms with Crippen LogP contribution in [0.3, 0.4) is 0 Å². The monoisotopic (exact) mass is 525 g/mol. The number of rotatable bonds is 7. The number of nitrogens with one attached hydrogen (secondary N) is 1. The molecule has 38 heavy (non-hydrogen) atoms. The molecular weight excluding hydrogens is 495 g/mol. The van der Waals surface area contributed by atoms with Gasteiger partial charge in [0, 0.05) is 19.8 Å². The van der Waals surface area contributed by atoms with Gasteiger partial charge in [0.15, 0.2) is 11.5 Å². The molecule has 1 saturated carbocycles. The maximum absolute atomic E-state index is 13.3. The summed E-state index contributed by atoms with van der Waals surface area (Å²) in [6, 6.07) is 15.7. The first-order valence-electron chi connectivity index (χ1n) is 12.5. The van der Waals surface area contributed by atoms with Crippen molar-refractivity contribution in [3.63, 3.8) is 0 Å². The van der Waals surface area contributed by atoms with Crippen molar-refractivity contribution in [2.24, 2.45) is 5.92 Å². The Morgan fingerprint density at radius 1 is 1.13 bits per heavy atom. The minimum absolute atomic E-state index is 0.0639. The number of likely N-dealkylation sites (N-methyl/N-ethyl adjacent to an activating group) is 1. The molecule has 1 fully saturated rings. The van der Waals surface area contributed by atoms with Crippen molar-refractivity contribution in [2.75, 3.05) is 27.8 Å². The van der Waals surface area contributed by atoms with Crippen LogP contribution in [0.5, 0.6) is 11.5 Å². The lowest BCUT2D eigenvalue weighted by molar-refractivity contribution is -0.141. The van der Waals surface area contributed by atoms with Gasteiger partial charge in [-0.2, -0.15) is 13.2 Å². The first-order chi connectivity index (χ1) is 18.2. The van der Waals surface area contributed by atoms with Crippen LogP contribution in [0.4, 0.5) is 13.2 Å². The highest BCUT2D eigenvalue weighted by Gasteiger charge is 2.63. The molecule has 1 aliphatic carbocycles. The van der Waals surface area contributed by atoms with Gasteiger partial charge < -0.3 is 14.8 Å². The summed E-state index contributed by atoms with van der Waals surface area (Å²) in [4.78, 5) is 19.3. The van der Waals surface area contributed by atoms with Crippen LogP contribution in [0.1, 0.15) is 40.4 Å². The number of halogens is 3. The minimum atomic E-state index is -4.48. The van der Waals surface area contributed by atoms with Crippen LogP contribution in [-0.4, -0.2) is 43.6 Å². The van der Waals surface area contributed by atoms with Crippen LogP contribution >= 0.6 is 0 Å². The predicted molar refractivity (Wildman–Crippen MR) is 136 cm³/mol. The Bertz CT molecular complexity index is 1310. The van der Waals surface area contributed by atoms with E-state index in [0.29, 0.717) is 30.9 Å². The van der Waals surface area contributed by atoms with E-state index in [0.717, 1.165) is 34.7 Å². The van der Waals surface area contributed by atoms with E-state index < -0.39 is 23.5 Å². The first-order valence-corrected chi connectivity index (χ1v) is 12.5. The summed E-state index contributed by atoms with van der Waals surface area (Å²) in [5.74, 6) is 1.20. The number of methoxy groups -OCH3 is 2. The zero-order valence-corrected chi connectivity index (χ0v) is 21.5. The Kier molecular flexibility index (Phi) is 6.81. The van der Waals surface area contributed by atoms with E-state index in [4.69, 9.17) is 9.47 Å². The summed E-state index contributed by atoms with van der Waals surface area (Å²) in [5, 5.41) is 2.83. The number of alkyl halides is 3. The molecule has 1 aliphatic heterocycles. The molecule has 1 unspecified atom stereocenters. The lowest BCUT2D eigenvalue weighted by Crippen LogP contribution is -2.49. The second kappa shape index (κ2) is 9.94. The molecule has 0 radical (unpaired) electrons. The third-order valence-electron chi connectivity index (χ3n) is 7.80.